The van der Waals surface area contributed by atoms with Crippen LogP contribution in [0.1, 0.15) is 65.2 Å². The molecule has 0 spiro atoms. The number of nitrogens with zero attached hydrogens (tertiary/aromatic N) is 1. The first-order valence-corrected chi connectivity index (χ1v) is 10.8. The fourth-order valence-electron chi connectivity index (χ4n) is 4.10. The zero-order valence-electron chi connectivity index (χ0n) is 17.5. The molecule has 2 rings (SSSR count). The first-order valence-electron chi connectivity index (χ1n) is 10.8. The number of hydrogen-bond donors (Lipinski definition) is 2. The standard InChI is InChI=1S/C22H37N3O3/c1-4-7-17(20(23)26)18(14-15(2)3)21(27)24-19-8-5-6-12-25(22(19)28)13-11-16-9-10-16/h4,15-19H,1,5-14H2,2-3H3,(H2,23,26)(H,24,27)/t17?,18?,19-/m0/s1. The Kier molecular flexibility index (Phi) is 8.52. The summed E-state index contributed by atoms with van der Waals surface area (Å²) < 4.78 is 0. The molecular formula is C22H37N3O3. The van der Waals surface area contributed by atoms with Crippen LogP contribution < -0.4 is 11.1 Å². The number of nitrogens with one attached hydrogen (secondary N) is 1. The third-order valence-electron chi connectivity index (χ3n) is 5.94. The first-order chi connectivity index (χ1) is 13.3. The lowest BCUT2D eigenvalue weighted by Crippen LogP contribution is -2.51. The Morgan fingerprint density at radius 2 is 1.96 bits per heavy atom. The van der Waals surface area contributed by atoms with E-state index in [4.69, 9.17) is 5.73 Å². The quantitative estimate of drug-likeness (QED) is 0.530. The molecule has 6 nitrogen and oxygen atoms in total. The number of primary amides is 1. The number of likely N-dealkylation sites (tertiary alicyclic amines) is 1. The van der Waals surface area contributed by atoms with E-state index in [0.717, 1.165) is 38.3 Å². The van der Waals surface area contributed by atoms with Crippen molar-refractivity contribution in [2.45, 2.75) is 71.3 Å². The van der Waals surface area contributed by atoms with Gasteiger partial charge in [0.05, 0.1) is 11.8 Å². The number of nitrogens with two attached hydrogens (primary N) is 1. The van der Waals surface area contributed by atoms with Gasteiger partial charge in [0.1, 0.15) is 6.04 Å². The van der Waals surface area contributed by atoms with Crippen LogP contribution in [0.4, 0.5) is 0 Å². The molecule has 3 N–H and O–H groups in total. The average molecular weight is 392 g/mol. The number of amides is 3. The van der Waals surface area contributed by atoms with Crippen molar-refractivity contribution in [2.75, 3.05) is 13.1 Å². The van der Waals surface area contributed by atoms with Gasteiger partial charge in [0.15, 0.2) is 0 Å². The van der Waals surface area contributed by atoms with Crippen molar-refractivity contribution >= 4 is 17.7 Å². The van der Waals surface area contributed by atoms with Gasteiger partial charge in [-0.1, -0.05) is 32.8 Å². The Labute approximate surface area is 169 Å². The van der Waals surface area contributed by atoms with Gasteiger partial charge in [-0.15, -0.1) is 6.58 Å². The van der Waals surface area contributed by atoms with Crippen molar-refractivity contribution in [3.8, 4) is 0 Å². The summed E-state index contributed by atoms with van der Waals surface area (Å²) in [5, 5.41) is 2.97. The second-order valence-corrected chi connectivity index (χ2v) is 8.88. The zero-order chi connectivity index (χ0) is 20.7. The maximum Gasteiger partial charge on any atom is 0.245 e. The van der Waals surface area contributed by atoms with E-state index in [-0.39, 0.29) is 17.7 Å². The molecule has 6 heteroatoms. The summed E-state index contributed by atoms with van der Waals surface area (Å²) in [6.45, 7) is 9.28. The topological polar surface area (TPSA) is 92.5 Å². The van der Waals surface area contributed by atoms with Gasteiger partial charge < -0.3 is 16.0 Å². The fourth-order valence-corrected chi connectivity index (χ4v) is 4.10. The Bertz CT molecular complexity index is 571. The highest BCUT2D eigenvalue weighted by Gasteiger charge is 2.36. The fraction of sp³-hybridized carbons (Fsp3) is 0.773. The lowest BCUT2D eigenvalue weighted by molar-refractivity contribution is -0.139. The number of carbonyl (C=O) groups excluding carboxylic acids is 3. The summed E-state index contributed by atoms with van der Waals surface area (Å²) in [6.07, 6.45) is 8.70. The highest BCUT2D eigenvalue weighted by Crippen LogP contribution is 2.32. The molecule has 1 saturated heterocycles. The molecule has 2 aliphatic rings. The largest absolute Gasteiger partial charge is 0.369 e. The lowest BCUT2D eigenvalue weighted by atomic mass is 9.82. The summed E-state index contributed by atoms with van der Waals surface area (Å²) in [6, 6.07) is -0.499. The van der Waals surface area contributed by atoms with E-state index in [0.29, 0.717) is 19.3 Å². The van der Waals surface area contributed by atoms with E-state index >= 15 is 0 Å². The Hall–Kier alpha value is -1.85. The molecule has 1 aliphatic heterocycles. The van der Waals surface area contributed by atoms with Gasteiger partial charge in [0, 0.05) is 13.1 Å². The molecule has 158 valence electrons. The zero-order valence-corrected chi connectivity index (χ0v) is 17.5. The van der Waals surface area contributed by atoms with E-state index in [2.05, 4.69) is 11.9 Å². The van der Waals surface area contributed by atoms with Crippen LogP contribution >= 0.6 is 0 Å². The molecule has 3 atom stereocenters. The summed E-state index contributed by atoms with van der Waals surface area (Å²) in [5.41, 5.74) is 5.58. The molecular weight excluding hydrogens is 354 g/mol. The van der Waals surface area contributed by atoms with Crippen molar-refractivity contribution in [2.24, 2.45) is 29.4 Å². The van der Waals surface area contributed by atoms with E-state index in [1.54, 1.807) is 6.08 Å². The summed E-state index contributed by atoms with van der Waals surface area (Å²) in [4.78, 5) is 40.0. The SMILES string of the molecule is C=CCC(C(N)=O)C(CC(C)C)C(=O)N[C@H]1CCCCN(CCC2CC2)C1=O. The predicted octanol–water partition coefficient (Wildman–Crippen LogP) is 2.62. The van der Waals surface area contributed by atoms with E-state index < -0.39 is 23.8 Å². The molecule has 2 unspecified atom stereocenters. The third kappa shape index (κ3) is 6.64. The van der Waals surface area contributed by atoms with E-state index in [1.807, 2.05) is 18.7 Å². The maximum atomic E-state index is 13.1. The van der Waals surface area contributed by atoms with E-state index in [1.165, 1.54) is 12.8 Å². The minimum atomic E-state index is -0.591. The molecule has 0 aromatic carbocycles. The van der Waals surface area contributed by atoms with Crippen LogP contribution in [0.2, 0.25) is 0 Å². The van der Waals surface area contributed by atoms with Crippen LogP contribution in [-0.4, -0.2) is 41.8 Å². The molecule has 2 fully saturated rings. The monoisotopic (exact) mass is 391 g/mol. The van der Waals surface area contributed by atoms with Gasteiger partial charge in [-0.05, 0) is 50.4 Å². The van der Waals surface area contributed by atoms with Crippen molar-refractivity contribution in [1.82, 2.24) is 10.2 Å². The number of rotatable bonds is 11. The Morgan fingerprint density at radius 3 is 2.54 bits per heavy atom. The summed E-state index contributed by atoms with van der Waals surface area (Å²) in [7, 11) is 0. The van der Waals surface area contributed by atoms with Crippen LogP contribution in [0.3, 0.4) is 0 Å². The van der Waals surface area contributed by atoms with Gasteiger partial charge in [-0.25, -0.2) is 0 Å². The molecule has 0 bridgehead atoms. The molecule has 0 aromatic rings. The molecule has 1 saturated carbocycles. The average Bonchev–Trinajstić information content (AvgIpc) is 3.46. The Morgan fingerprint density at radius 1 is 1.25 bits per heavy atom. The second-order valence-electron chi connectivity index (χ2n) is 8.88. The minimum absolute atomic E-state index is 0.0224. The molecule has 1 aliphatic carbocycles. The lowest BCUT2D eigenvalue weighted by Gasteiger charge is -2.29. The number of allylic oxidation sites excluding steroid dienone is 1. The molecule has 1 heterocycles. The van der Waals surface area contributed by atoms with Crippen molar-refractivity contribution in [3.05, 3.63) is 12.7 Å². The minimum Gasteiger partial charge on any atom is -0.369 e. The molecule has 0 aromatic heterocycles. The molecule has 3 amide bonds. The van der Waals surface area contributed by atoms with Gasteiger partial charge in [0.2, 0.25) is 17.7 Å². The van der Waals surface area contributed by atoms with Crippen LogP contribution in [0.15, 0.2) is 12.7 Å². The summed E-state index contributed by atoms with van der Waals surface area (Å²) in [5.74, 6) is -0.815. The first kappa shape index (κ1) is 22.4. The van der Waals surface area contributed by atoms with Gasteiger partial charge in [-0.3, -0.25) is 14.4 Å². The van der Waals surface area contributed by atoms with Gasteiger partial charge >= 0.3 is 0 Å². The predicted molar refractivity (Wildman–Crippen MR) is 110 cm³/mol. The van der Waals surface area contributed by atoms with Gasteiger partial charge in [-0.2, -0.15) is 0 Å². The van der Waals surface area contributed by atoms with Crippen molar-refractivity contribution in [1.29, 1.82) is 0 Å². The highest BCUT2D eigenvalue weighted by atomic mass is 16.2. The van der Waals surface area contributed by atoms with Crippen LogP contribution in [-0.2, 0) is 14.4 Å². The maximum absolute atomic E-state index is 13.1. The highest BCUT2D eigenvalue weighted by molar-refractivity contribution is 5.91. The van der Waals surface area contributed by atoms with Crippen molar-refractivity contribution in [3.63, 3.8) is 0 Å². The summed E-state index contributed by atoms with van der Waals surface area (Å²) >= 11 is 0. The Balaban J connectivity index is 2.06. The number of carbonyl (C=O) groups is 3. The molecule has 28 heavy (non-hydrogen) atoms. The van der Waals surface area contributed by atoms with E-state index in [9.17, 15) is 14.4 Å². The second kappa shape index (κ2) is 10.6. The van der Waals surface area contributed by atoms with Crippen molar-refractivity contribution < 1.29 is 14.4 Å². The smallest absolute Gasteiger partial charge is 0.245 e. The van der Waals surface area contributed by atoms with Crippen LogP contribution in [0, 0.1) is 23.7 Å². The van der Waals surface area contributed by atoms with Crippen LogP contribution in [0.5, 0.6) is 0 Å². The normalized spacial score (nSPS) is 22.5. The number of hydrogen-bond acceptors (Lipinski definition) is 3. The molecule has 0 radical (unpaired) electrons. The van der Waals surface area contributed by atoms with Crippen LogP contribution in [0.25, 0.3) is 0 Å². The third-order valence-corrected chi connectivity index (χ3v) is 5.94. The van der Waals surface area contributed by atoms with Gasteiger partial charge in [0.25, 0.3) is 0 Å².